The van der Waals surface area contributed by atoms with Crippen molar-refractivity contribution in [2.75, 3.05) is 0 Å². The average molecular weight is 420 g/mol. The summed E-state index contributed by atoms with van der Waals surface area (Å²) in [6.45, 7) is 0. The molecule has 4 aliphatic rings. The highest BCUT2D eigenvalue weighted by Crippen LogP contribution is 2.62. The second-order valence-electron chi connectivity index (χ2n) is 7.42. The van der Waals surface area contributed by atoms with Crippen LogP contribution in [0, 0.1) is 23.2 Å². The van der Waals surface area contributed by atoms with Crippen LogP contribution in [-0.4, -0.2) is 5.11 Å². The average Bonchev–Trinajstić information content (AvgIpc) is 2.66. The molecule has 0 aliphatic heterocycles. The summed E-state index contributed by atoms with van der Waals surface area (Å²) in [5, 5.41) is 10.7. The van der Waals surface area contributed by atoms with Gasteiger partial charge in [-0.1, -0.05) is 0 Å². The van der Waals surface area contributed by atoms with Gasteiger partial charge in [0.05, 0.1) is 13.7 Å². The van der Waals surface area contributed by atoms with E-state index in [0.29, 0.717) is 5.41 Å². The van der Waals surface area contributed by atoms with E-state index in [1.807, 2.05) is 0 Å². The van der Waals surface area contributed by atoms with Crippen LogP contribution in [-0.2, 0) is 0 Å². The molecule has 4 saturated carbocycles. The Labute approximate surface area is 141 Å². The predicted octanol–water partition coefficient (Wildman–Crippen LogP) is 5.91. The molecule has 1 aromatic heterocycles. The standard InChI is InChI=1S/C16H20Br2OS/c17-14-4-12(15(18)20-14)13(19)8-16-5-9-1-10(6-16)3-11(2-9)7-16/h4,9-11,13,19H,1-3,5-8H2. The molecule has 1 heterocycles. The molecule has 4 heteroatoms. The van der Waals surface area contributed by atoms with Crippen LogP contribution in [0.3, 0.4) is 0 Å². The molecule has 20 heavy (non-hydrogen) atoms. The summed E-state index contributed by atoms with van der Waals surface area (Å²) in [5.41, 5.74) is 1.53. The zero-order chi connectivity index (χ0) is 13.9. The van der Waals surface area contributed by atoms with Gasteiger partial charge in [0, 0.05) is 5.56 Å². The van der Waals surface area contributed by atoms with Crippen molar-refractivity contribution in [2.45, 2.75) is 51.0 Å². The molecule has 4 fully saturated rings. The van der Waals surface area contributed by atoms with Gasteiger partial charge >= 0.3 is 0 Å². The highest BCUT2D eigenvalue weighted by molar-refractivity contribution is 9.12. The van der Waals surface area contributed by atoms with Gasteiger partial charge in [0.25, 0.3) is 0 Å². The fourth-order valence-electron chi connectivity index (χ4n) is 5.64. The van der Waals surface area contributed by atoms with Gasteiger partial charge in [-0.2, -0.15) is 0 Å². The first-order valence-electron chi connectivity index (χ1n) is 7.66. The maximum Gasteiger partial charge on any atom is 0.0814 e. The SMILES string of the molecule is OC(CC12CC3CC(CC(C3)C1)C2)c1cc(Br)sc1Br. The summed E-state index contributed by atoms with van der Waals surface area (Å²) in [7, 11) is 0. The van der Waals surface area contributed by atoms with E-state index in [4.69, 9.17) is 0 Å². The van der Waals surface area contributed by atoms with E-state index in [2.05, 4.69) is 37.9 Å². The monoisotopic (exact) mass is 418 g/mol. The molecule has 1 aromatic rings. The molecule has 4 bridgehead atoms. The Morgan fingerprint density at radius 3 is 2.15 bits per heavy atom. The van der Waals surface area contributed by atoms with Crippen LogP contribution in [0.2, 0.25) is 0 Å². The fourth-order valence-corrected chi connectivity index (χ4v) is 8.60. The van der Waals surface area contributed by atoms with Crippen molar-refractivity contribution < 1.29 is 5.11 Å². The molecule has 1 N–H and O–H groups in total. The van der Waals surface area contributed by atoms with Crippen molar-refractivity contribution in [1.82, 2.24) is 0 Å². The van der Waals surface area contributed by atoms with E-state index >= 15 is 0 Å². The van der Waals surface area contributed by atoms with Gasteiger partial charge in [0.1, 0.15) is 0 Å². The normalized spacial score (nSPS) is 40.2. The minimum Gasteiger partial charge on any atom is -0.388 e. The molecule has 0 spiro atoms. The van der Waals surface area contributed by atoms with Gasteiger partial charge in [-0.05, 0) is 106 Å². The Morgan fingerprint density at radius 1 is 1.15 bits per heavy atom. The predicted molar refractivity (Wildman–Crippen MR) is 89.9 cm³/mol. The largest absolute Gasteiger partial charge is 0.388 e. The first kappa shape index (κ1) is 14.2. The van der Waals surface area contributed by atoms with E-state index in [9.17, 15) is 5.11 Å². The van der Waals surface area contributed by atoms with Crippen LogP contribution in [0.5, 0.6) is 0 Å². The highest BCUT2D eigenvalue weighted by atomic mass is 79.9. The zero-order valence-electron chi connectivity index (χ0n) is 11.4. The fraction of sp³-hybridized carbons (Fsp3) is 0.750. The van der Waals surface area contributed by atoms with Crippen molar-refractivity contribution in [3.63, 3.8) is 0 Å². The maximum atomic E-state index is 10.7. The molecule has 5 rings (SSSR count). The van der Waals surface area contributed by atoms with Gasteiger partial charge in [0.15, 0.2) is 0 Å². The Bertz CT molecular complexity index is 489. The van der Waals surface area contributed by atoms with Crippen LogP contribution in [0.15, 0.2) is 13.6 Å². The maximum absolute atomic E-state index is 10.7. The minimum atomic E-state index is -0.303. The Balaban J connectivity index is 1.55. The lowest BCUT2D eigenvalue weighted by atomic mass is 9.48. The summed E-state index contributed by atoms with van der Waals surface area (Å²) in [5.74, 6) is 2.89. The Morgan fingerprint density at radius 2 is 1.70 bits per heavy atom. The molecule has 0 radical (unpaired) electrons. The third kappa shape index (κ3) is 2.45. The molecule has 1 unspecified atom stereocenters. The lowest BCUT2D eigenvalue weighted by Gasteiger charge is -2.57. The number of hydrogen-bond acceptors (Lipinski definition) is 2. The zero-order valence-corrected chi connectivity index (χ0v) is 15.4. The number of thiophene rings is 1. The molecule has 0 saturated heterocycles. The minimum absolute atomic E-state index is 0.303. The third-order valence-electron chi connectivity index (χ3n) is 5.83. The van der Waals surface area contributed by atoms with Crippen molar-refractivity contribution in [3.05, 3.63) is 19.2 Å². The lowest BCUT2D eigenvalue weighted by molar-refractivity contribution is -0.0764. The number of rotatable bonds is 3. The molecule has 4 aliphatic carbocycles. The summed E-state index contributed by atoms with van der Waals surface area (Å²) < 4.78 is 2.19. The molecule has 0 amide bonds. The Kier molecular flexibility index (Phi) is 3.61. The van der Waals surface area contributed by atoms with Gasteiger partial charge in [-0.3, -0.25) is 0 Å². The van der Waals surface area contributed by atoms with Crippen LogP contribution in [0.25, 0.3) is 0 Å². The van der Waals surface area contributed by atoms with Crippen LogP contribution >= 0.6 is 43.2 Å². The van der Waals surface area contributed by atoms with Crippen molar-refractivity contribution >= 4 is 43.2 Å². The lowest BCUT2D eigenvalue weighted by Crippen LogP contribution is -2.46. The first-order valence-corrected chi connectivity index (χ1v) is 10.1. The molecule has 110 valence electrons. The van der Waals surface area contributed by atoms with E-state index in [0.717, 1.165) is 37.3 Å². The molecular weight excluding hydrogens is 400 g/mol. The van der Waals surface area contributed by atoms with Gasteiger partial charge in [0.2, 0.25) is 0 Å². The van der Waals surface area contributed by atoms with E-state index in [1.54, 1.807) is 11.3 Å². The first-order chi connectivity index (χ1) is 9.53. The smallest absolute Gasteiger partial charge is 0.0814 e. The second kappa shape index (κ2) is 5.07. The van der Waals surface area contributed by atoms with E-state index < -0.39 is 0 Å². The topological polar surface area (TPSA) is 20.2 Å². The Hall–Kier alpha value is 0.620. The van der Waals surface area contributed by atoms with E-state index in [1.165, 1.54) is 38.5 Å². The summed E-state index contributed by atoms with van der Waals surface area (Å²) in [6, 6.07) is 2.08. The number of hydrogen-bond donors (Lipinski definition) is 1. The van der Waals surface area contributed by atoms with E-state index in [-0.39, 0.29) is 6.10 Å². The van der Waals surface area contributed by atoms with Crippen LogP contribution in [0.1, 0.15) is 56.6 Å². The number of halogens is 2. The number of aliphatic hydroxyl groups excluding tert-OH is 1. The number of aliphatic hydroxyl groups is 1. The third-order valence-corrected chi connectivity index (χ3v) is 8.22. The van der Waals surface area contributed by atoms with Crippen LogP contribution < -0.4 is 0 Å². The van der Waals surface area contributed by atoms with Gasteiger partial charge in [-0.25, -0.2) is 0 Å². The van der Waals surface area contributed by atoms with Crippen molar-refractivity contribution in [2.24, 2.45) is 23.2 Å². The van der Waals surface area contributed by atoms with Crippen molar-refractivity contribution in [3.8, 4) is 0 Å². The highest BCUT2D eigenvalue weighted by Gasteiger charge is 2.51. The van der Waals surface area contributed by atoms with Gasteiger partial charge in [-0.15, -0.1) is 11.3 Å². The molecule has 0 aromatic carbocycles. The summed E-state index contributed by atoms with van der Waals surface area (Å²) in [6.07, 6.45) is 9.22. The second-order valence-corrected chi connectivity index (χ2v) is 11.2. The molecule has 1 nitrogen and oxygen atoms in total. The quantitative estimate of drug-likeness (QED) is 0.645. The van der Waals surface area contributed by atoms with Crippen LogP contribution in [0.4, 0.5) is 0 Å². The molecule has 1 atom stereocenters. The van der Waals surface area contributed by atoms with Crippen molar-refractivity contribution in [1.29, 1.82) is 0 Å². The summed E-state index contributed by atoms with van der Waals surface area (Å²) >= 11 is 8.78. The summed E-state index contributed by atoms with van der Waals surface area (Å²) in [4.78, 5) is 0. The molecular formula is C16H20Br2OS. The van der Waals surface area contributed by atoms with Gasteiger partial charge < -0.3 is 5.11 Å².